The summed E-state index contributed by atoms with van der Waals surface area (Å²) in [6.45, 7) is 6.24. The van der Waals surface area contributed by atoms with E-state index in [0.717, 1.165) is 16.9 Å². The van der Waals surface area contributed by atoms with Crippen LogP contribution in [-0.2, 0) is 16.1 Å². The topological polar surface area (TPSA) is 102 Å². The van der Waals surface area contributed by atoms with E-state index in [1.54, 1.807) is 13.8 Å². The maximum absolute atomic E-state index is 12.5. The Morgan fingerprint density at radius 1 is 1.18 bits per heavy atom. The molecule has 0 bridgehead atoms. The van der Waals surface area contributed by atoms with Gasteiger partial charge in [0.15, 0.2) is 0 Å². The molecule has 0 spiro atoms. The second-order valence-electron chi connectivity index (χ2n) is 6.55. The molecule has 1 aromatic heterocycles. The smallest absolute Gasteiger partial charge is 0.341 e. The Morgan fingerprint density at radius 3 is 2.39 bits per heavy atom. The standard InChI is InChI=1S/C20H25N3O4S/c1-5-27-20(26)16-13(3)17(18(21)25)28-19(16)22-15(24)11-23(4)10-14-8-6-12(2)7-9-14/h6-9H,5,10-11H2,1-4H3,(H2,21,25)(H,22,24). The lowest BCUT2D eigenvalue weighted by atomic mass is 10.1. The van der Waals surface area contributed by atoms with Gasteiger partial charge < -0.3 is 15.8 Å². The van der Waals surface area contributed by atoms with E-state index >= 15 is 0 Å². The Kier molecular flexibility index (Phi) is 7.31. The van der Waals surface area contributed by atoms with E-state index in [1.165, 1.54) is 5.56 Å². The molecule has 0 fully saturated rings. The summed E-state index contributed by atoms with van der Waals surface area (Å²) in [4.78, 5) is 38.4. The molecule has 0 saturated heterocycles. The molecule has 28 heavy (non-hydrogen) atoms. The highest BCUT2D eigenvalue weighted by Gasteiger charge is 2.25. The molecule has 1 heterocycles. The van der Waals surface area contributed by atoms with Gasteiger partial charge >= 0.3 is 5.97 Å². The zero-order valence-corrected chi connectivity index (χ0v) is 17.3. The fourth-order valence-electron chi connectivity index (χ4n) is 2.76. The highest BCUT2D eigenvalue weighted by atomic mass is 32.1. The lowest BCUT2D eigenvalue weighted by Gasteiger charge is -2.16. The summed E-state index contributed by atoms with van der Waals surface area (Å²) in [7, 11) is 1.83. The lowest BCUT2D eigenvalue weighted by molar-refractivity contribution is -0.117. The number of hydrogen-bond donors (Lipinski definition) is 2. The van der Waals surface area contributed by atoms with E-state index in [2.05, 4.69) is 5.32 Å². The Hall–Kier alpha value is -2.71. The summed E-state index contributed by atoms with van der Waals surface area (Å²) < 4.78 is 5.05. The summed E-state index contributed by atoms with van der Waals surface area (Å²) in [5.74, 6) is -1.53. The average Bonchev–Trinajstić information content (AvgIpc) is 2.93. The number of carbonyl (C=O) groups excluding carboxylic acids is 3. The first-order valence-electron chi connectivity index (χ1n) is 8.87. The van der Waals surface area contributed by atoms with Gasteiger partial charge in [-0.3, -0.25) is 14.5 Å². The van der Waals surface area contributed by atoms with Crippen LogP contribution in [0, 0.1) is 13.8 Å². The molecular formula is C20H25N3O4S. The summed E-state index contributed by atoms with van der Waals surface area (Å²) in [6.07, 6.45) is 0. The highest BCUT2D eigenvalue weighted by Crippen LogP contribution is 2.33. The maximum Gasteiger partial charge on any atom is 0.341 e. The number of esters is 1. The molecule has 0 radical (unpaired) electrons. The summed E-state index contributed by atoms with van der Waals surface area (Å²) in [5.41, 5.74) is 8.24. The van der Waals surface area contributed by atoms with Crippen molar-refractivity contribution >= 4 is 34.1 Å². The van der Waals surface area contributed by atoms with Gasteiger partial charge in [-0.1, -0.05) is 29.8 Å². The monoisotopic (exact) mass is 403 g/mol. The Labute approximate surface area is 168 Å². The second kappa shape index (κ2) is 9.48. The van der Waals surface area contributed by atoms with Crippen molar-refractivity contribution in [3.05, 3.63) is 51.4 Å². The van der Waals surface area contributed by atoms with Crippen molar-refractivity contribution in [1.82, 2.24) is 4.90 Å². The van der Waals surface area contributed by atoms with Crippen LogP contribution in [0.1, 0.15) is 43.6 Å². The third kappa shape index (κ3) is 5.40. The number of aryl methyl sites for hydroxylation is 1. The maximum atomic E-state index is 12.5. The van der Waals surface area contributed by atoms with Gasteiger partial charge in [0.05, 0.1) is 23.6 Å². The number of ether oxygens (including phenoxy) is 1. The van der Waals surface area contributed by atoms with Crippen LogP contribution in [0.2, 0.25) is 0 Å². The van der Waals surface area contributed by atoms with Crippen LogP contribution in [0.25, 0.3) is 0 Å². The van der Waals surface area contributed by atoms with Crippen molar-refractivity contribution in [2.75, 3.05) is 25.5 Å². The molecule has 8 heteroatoms. The summed E-state index contributed by atoms with van der Waals surface area (Å²) in [5, 5.41) is 3.00. The number of amides is 2. The number of primary amides is 1. The number of rotatable bonds is 8. The number of likely N-dealkylation sites (N-methyl/N-ethyl adjacent to an activating group) is 1. The van der Waals surface area contributed by atoms with E-state index in [0.29, 0.717) is 12.1 Å². The number of benzene rings is 1. The van der Waals surface area contributed by atoms with Gasteiger partial charge in [-0.2, -0.15) is 0 Å². The van der Waals surface area contributed by atoms with Crippen LogP contribution in [0.3, 0.4) is 0 Å². The predicted octanol–water partition coefficient (Wildman–Crippen LogP) is 2.71. The minimum atomic E-state index is -0.648. The van der Waals surface area contributed by atoms with Gasteiger partial charge in [0.25, 0.3) is 5.91 Å². The van der Waals surface area contributed by atoms with Crippen LogP contribution >= 0.6 is 11.3 Å². The van der Waals surface area contributed by atoms with Crippen molar-refractivity contribution in [3.8, 4) is 0 Å². The van der Waals surface area contributed by atoms with Crippen molar-refractivity contribution in [1.29, 1.82) is 0 Å². The number of nitrogens with zero attached hydrogens (tertiary/aromatic N) is 1. The molecule has 3 N–H and O–H groups in total. The molecular weight excluding hydrogens is 378 g/mol. The zero-order chi connectivity index (χ0) is 20.8. The largest absolute Gasteiger partial charge is 0.462 e. The molecule has 2 rings (SSSR count). The molecule has 0 saturated carbocycles. The van der Waals surface area contributed by atoms with Crippen molar-refractivity contribution in [2.45, 2.75) is 27.3 Å². The van der Waals surface area contributed by atoms with Gasteiger partial charge in [-0.15, -0.1) is 11.3 Å². The minimum Gasteiger partial charge on any atom is -0.462 e. The summed E-state index contributed by atoms with van der Waals surface area (Å²) >= 11 is 0.984. The molecule has 150 valence electrons. The Bertz CT molecular complexity index is 874. The zero-order valence-electron chi connectivity index (χ0n) is 16.5. The molecule has 0 aliphatic rings. The van der Waals surface area contributed by atoms with Gasteiger partial charge in [0, 0.05) is 6.54 Å². The van der Waals surface area contributed by atoms with Crippen molar-refractivity contribution in [2.24, 2.45) is 5.73 Å². The average molecular weight is 404 g/mol. The summed E-state index contributed by atoms with van der Waals surface area (Å²) in [6, 6.07) is 8.08. The molecule has 0 unspecified atom stereocenters. The predicted molar refractivity (Wildman–Crippen MR) is 110 cm³/mol. The quantitative estimate of drug-likeness (QED) is 0.660. The number of hydrogen-bond acceptors (Lipinski definition) is 6. The molecule has 1 aromatic carbocycles. The van der Waals surface area contributed by atoms with E-state index in [1.807, 2.05) is 43.1 Å². The lowest BCUT2D eigenvalue weighted by Crippen LogP contribution is -2.30. The molecule has 7 nitrogen and oxygen atoms in total. The SMILES string of the molecule is CCOC(=O)c1c(NC(=O)CN(C)Cc2ccc(C)cc2)sc(C(N)=O)c1C. The molecule has 2 aromatic rings. The van der Waals surface area contributed by atoms with E-state index < -0.39 is 11.9 Å². The highest BCUT2D eigenvalue weighted by molar-refractivity contribution is 7.18. The normalized spacial score (nSPS) is 10.8. The van der Waals surface area contributed by atoms with E-state index in [9.17, 15) is 14.4 Å². The van der Waals surface area contributed by atoms with Crippen LogP contribution < -0.4 is 11.1 Å². The number of carbonyl (C=O) groups is 3. The number of nitrogens with one attached hydrogen (secondary N) is 1. The molecule has 0 aliphatic heterocycles. The fourth-order valence-corrected chi connectivity index (χ4v) is 3.82. The number of nitrogens with two attached hydrogens (primary N) is 1. The number of thiophene rings is 1. The van der Waals surface area contributed by atoms with Gasteiger partial charge in [-0.05, 0) is 38.9 Å². The Balaban J connectivity index is 2.11. The van der Waals surface area contributed by atoms with Gasteiger partial charge in [-0.25, -0.2) is 4.79 Å². The first kappa shape index (κ1) is 21.6. The van der Waals surface area contributed by atoms with Crippen LogP contribution in [0.4, 0.5) is 5.00 Å². The molecule has 0 aliphatic carbocycles. The fraction of sp³-hybridized carbons (Fsp3) is 0.350. The van der Waals surface area contributed by atoms with Crippen molar-refractivity contribution < 1.29 is 19.1 Å². The number of anilines is 1. The van der Waals surface area contributed by atoms with Crippen molar-refractivity contribution in [3.63, 3.8) is 0 Å². The van der Waals surface area contributed by atoms with E-state index in [4.69, 9.17) is 10.5 Å². The molecule has 0 atom stereocenters. The third-order valence-corrected chi connectivity index (χ3v) is 5.31. The van der Waals surface area contributed by atoms with Crippen LogP contribution in [-0.4, -0.2) is 42.9 Å². The first-order valence-corrected chi connectivity index (χ1v) is 9.68. The minimum absolute atomic E-state index is 0.124. The van der Waals surface area contributed by atoms with E-state index in [-0.39, 0.29) is 34.5 Å². The van der Waals surface area contributed by atoms with Crippen LogP contribution in [0.5, 0.6) is 0 Å². The second-order valence-corrected chi connectivity index (χ2v) is 7.57. The van der Waals surface area contributed by atoms with Crippen LogP contribution in [0.15, 0.2) is 24.3 Å². The molecule has 2 amide bonds. The van der Waals surface area contributed by atoms with Gasteiger partial charge in [0.2, 0.25) is 5.91 Å². The Morgan fingerprint density at radius 2 is 1.82 bits per heavy atom. The first-order chi connectivity index (χ1) is 13.2. The third-order valence-electron chi connectivity index (χ3n) is 4.09. The van der Waals surface area contributed by atoms with Gasteiger partial charge in [0.1, 0.15) is 5.00 Å².